The molecule has 0 fully saturated rings. The monoisotopic (exact) mass is 168 g/mol. The molecule has 0 atom stereocenters. The first kappa shape index (κ1) is 8.32. The van der Waals surface area contributed by atoms with Crippen molar-refractivity contribution in [3.63, 3.8) is 0 Å². The highest BCUT2D eigenvalue weighted by atomic mass is 16.6. The summed E-state index contributed by atoms with van der Waals surface area (Å²) in [6.07, 6.45) is 0. The number of nitrogens with zero attached hydrogens (tertiary/aromatic N) is 1. The molecule has 1 rings (SSSR count). The minimum atomic E-state index is -0.624. The van der Waals surface area contributed by atoms with Crippen LogP contribution in [0.3, 0.4) is 0 Å². The number of hydrogen-bond acceptors (Lipinski definition) is 4. The summed E-state index contributed by atoms with van der Waals surface area (Å²) in [5, 5.41) is 22.1. The molecule has 0 aliphatic heterocycles. The number of phenols is 1. The predicted octanol–water partition coefficient (Wildman–Crippen LogP) is 1.34. The summed E-state index contributed by atoms with van der Waals surface area (Å²) < 4.78 is 0. The van der Waals surface area contributed by atoms with Gasteiger partial charge in [-0.25, -0.2) is 0 Å². The molecule has 0 heterocycles. The Balaban J connectivity index is 3.29. The molecule has 0 amide bonds. The Morgan fingerprint density at radius 1 is 1.58 bits per heavy atom. The Kier molecular flexibility index (Phi) is 2.14. The first-order valence-electron chi connectivity index (χ1n) is 3.31. The maximum atomic E-state index is 10.4. The van der Waals surface area contributed by atoms with Gasteiger partial charge in [-0.15, -0.1) is 0 Å². The molecule has 12 heavy (non-hydrogen) atoms. The molecule has 5 nitrogen and oxygen atoms in total. The van der Waals surface area contributed by atoms with Crippen LogP contribution in [0.5, 0.6) is 5.75 Å². The molecule has 1 aromatic carbocycles. The topological polar surface area (TPSA) is 75.4 Å². The summed E-state index contributed by atoms with van der Waals surface area (Å²) in [5.74, 6) is -0.327. The molecule has 0 aliphatic carbocycles. The number of nitro benzene ring substituents is 1. The van der Waals surface area contributed by atoms with Gasteiger partial charge in [-0.05, 0) is 12.1 Å². The highest BCUT2D eigenvalue weighted by molar-refractivity contribution is 5.67. The number of nitrogens with one attached hydrogen (secondary N) is 1. The lowest BCUT2D eigenvalue weighted by Gasteiger charge is -2.01. The van der Waals surface area contributed by atoms with E-state index in [9.17, 15) is 10.1 Å². The van der Waals surface area contributed by atoms with Gasteiger partial charge >= 0.3 is 5.69 Å². The lowest BCUT2D eigenvalue weighted by molar-refractivity contribution is -0.384. The van der Waals surface area contributed by atoms with Crippen molar-refractivity contribution >= 4 is 11.4 Å². The fraction of sp³-hybridized carbons (Fsp3) is 0.143. The van der Waals surface area contributed by atoms with Gasteiger partial charge in [-0.1, -0.05) is 6.07 Å². The van der Waals surface area contributed by atoms with Gasteiger partial charge in [0.15, 0.2) is 5.75 Å². The molecule has 0 saturated heterocycles. The van der Waals surface area contributed by atoms with Gasteiger partial charge in [0.25, 0.3) is 0 Å². The smallest absolute Gasteiger partial charge is 0.333 e. The van der Waals surface area contributed by atoms with Gasteiger partial charge in [0.2, 0.25) is 0 Å². The first-order valence-corrected chi connectivity index (χ1v) is 3.31. The number of rotatable bonds is 2. The van der Waals surface area contributed by atoms with Crippen LogP contribution >= 0.6 is 0 Å². The minimum Gasteiger partial charge on any atom is -0.502 e. The zero-order valence-corrected chi connectivity index (χ0v) is 6.44. The zero-order valence-electron chi connectivity index (χ0n) is 6.44. The SMILES string of the molecule is CNc1cccc(O)c1[N+](=O)[O-]. The Hall–Kier alpha value is -1.78. The highest BCUT2D eigenvalue weighted by Gasteiger charge is 2.17. The van der Waals surface area contributed by atoms with Gasteiger partial charge in [0.1, 0.15) is 5.69 Å². The van der Waals surface area contributed by atoms with Crippen molar-refractivity contribution in [3.05, 3.63) is 28.3 Å². The first-order chi connectivity index (χ1) is 5.66. The number of para-hydroxylation sites is 1. The molecule has 1 aromatic rings. The fourth-order valence-corrected chi connectivity index (χ4v) is 0.925. The maximum absolute atomic E-state index is 10.4. The molecule has 2 N–H and O–H groups in total. The van der Waals surface area contributed by atoms with E-state index in [4.69, 9.17) is 5.11 Å². The normalized spacial score (nSPS) is 9.42. The molecule has 0 spiro atoms. The molecular formula is C7H8N2O3. The van der Waals surface area contributed by atoms with Crippen molar-refractivity contribution in [1.29, 1.82) is 0 Å². The van der Waals surface area contributed by atoms with E-state index < -0.39 is 4.92 Å². The van der Waals surface area contributed by atoms with Crippen LogP contribution in [0.15, 0.2) is 18.2 Å². The van der Waals surface area contributed by atoms with E-state index in [1.165, 1.54) is 18.2 Å². The van der Waals surface area contributed by atoms with Crippen molar-refractivity contribution in [2.24, 2.45) is 0 Å². The van der Waals surface area contributed by atoms with Gasteiger partial charge in [0.05, 0.1) is 4.92 Å². The average molecular weight is 168 g/mol. The summed E-state index contributed by atoms with van der Waals surface area (Å²) in [4.78, 5) is 9.78. The van der Waals surface area contributed by atoms with Crippen molar-refractivity contribution in [2.45, 2.75) is 0 Å². The Labute approximate surface area is 68.8 Å². The molecule has 0 aromatic heterocycles. The molecule has 0 saturated carbocycles. The van der Waals surface area contributed by atoms with E-state index in [-0.39, 0.29) is 11.4 Å². The van der Waals surface area contributed by atoms with E-state index in [0.29, 0.717) is 5.69 Å². The minimum absolute atomic E-state index is 0.292. The van der Waals surface area contributed by atoms with Crippen molar-refractivity contribution in [2.75, 3.05) is 12.4 Å². The predicted molar refractivity (Wildman–Crippen MR) is 44.3 cm³/mol. The Morgan fingerprint density at radius 3 is 2.67 bits per heavy atom. The van der Waals surface area contributed by atoms with Crippen molar-refractivity contribution in [3.8, 4) is 5.75 Å². The number of hydrogen-bond donors (Lipinski definition) is 2. The summed E-state index contributed by atoms with van der Waals surface area (Å²) in [6.45, 7) is 0. The second-order valence-corrected chi connectivity index (χ2v) is 2.18. The Bertz CT molecular complexity index is 312. The van der Waals surface area contributed by atoms with Crippen LogP contribution in [0.4, 0.5) is 11.4 Å². The van der Waals surface area contributed by atoms with Gasteiger partial charge in [0, 0.05) is 7.05 Å². The highest BCUT2D eigenvalue weighted by Crippen LogP contribution is 2.32. The molecular weight excluding hydrogens is 160 g/mol. The second kappa shape index (κ2) is 3.08. The van der Waals surface area contributed by atoms with E-state index in [2.05, 4.69) is 5.32 Å². The zero-order chi connectivity index (χ0) is 9.14. The number of aromatic hydroxyl groups is 1. The maximum Gasteiger partial charge on any atom is 0.333 e. The van der Waals surface area contributed by atoms with Crippen LogP contribution in [0.25, 0.3) is 0 Å². The Morgan fingerprint density at radius 2 is 2.25 bits per heavy atom. The number of phenolic OH excluding ortho intramolecular Hbond substituents is 1. The van der Waals surface area contributed by atoms with E-state index in [1.807, 2.05) is 0 Å². The van der Waals surface area contributed by atoms with E-state index in [1.54, 1.807) is 7.05 Å². The fourth-order valence-electron chi connectivity index (χ4n) is 0.925. The average Bonchev–Trinajstić information content (AvgIpc) is 2.03. The molecule has 64 valence electrons. The lowest BCUT2D eigenvalue weighted by Crippen LogP contribution is -1.96. The molecule has 0 radical (unpaired) electrons. The number of benzene rings is 1. The standard InChI is InChI=1S/C7H8N2O3/c1-8-5-3-2-4-6(10)7(5)9(11)12/h2-4,8,10H,1H3. The van der Waals surface area contributed by atoms with Crippen LogP contribution in [0.2, 0.25) is 0 Å². The molecule has 0 bridgehead atoms. The van der Waals surface area contributed by atoms with Gasteiger partial charge in [-0.2, -0.15) is 0 Å². The quantitative estimate of drug-likeness (QED) is 0.516. The molecule has 0 unspecified atom stereocenters. The van der Waals surface area contributed by atoms with Crippen LogP contribution in [-0.2, 0) is 0 Å². The summed E-state index contributed by atoms with van der Waals surface area (Å²) in [6, 6.07) is 4.34. The van der Waals surface area contributed by atoms with E-state index >= 15 is 0 Å². The van der Waals surface area contributed by atoms with Crippen LogP contribution in [-0.4, -0.2) is 17.1 Å². The van der Waals surface area contributed by atoms with Crippen molar-refractivity contribution in [1.82, 2.24) is 0 Å². The van der Waals surface area contributed by atoms with Crippen LogP contribution < -0.4 is 5.32 Å². The summed E-state index contributed by atoms with van der Waals surface area (Å²) in [5.41, 5.74) is 0.0139. The van der Waals surface area contributed by atoms with Crippen molar-refractivity contribution < 1.29 is 10.0 Å². The second-order valence-electron chi connectivity index (χ2n) is 2.18. The third-order valence-corrected chi connectivity index (χ3v) is 1.47. The third-order valence-electron chi connectivity index (χ3n) is 1.47. The van der Waals surface area contributed by atoms with Gasteiger partial charge < -0.3 is 10.4 Å². The summed E-state index contributed by atoms with van der Waals surface area (Å²) in [7, 11) is 1.56. The van der Waals surface area contributed by atoms with Gasteiger partial charge in [-0.3, -0.25) is 10.1 Å². The third kappa shape index (κ3) is 1.29. The summed E-state index contributed by atoms with van der Waals surface area (Å²) >= 11 is 0. The van der Waals surface area contributed by atoms with E-state index in [0.717, 1.165) is 0 Å². The molecule has 0 aliphatic rings. The number of nitro groups is 1. The van der Waals surface area contributed by atoms with Crippen LogP contribution in [0, 0.1) is 10.1 Å². The lowest BCUT2D eigenvalue weighted by atomic mass is 10.2. The largest absolute Gasteiger partial charge is 0.502 e. The van der Waals surface area contributed by atoms with Crippen LogP contribution in [0.1, 0.15) is 0 Å². The molecule has 5 heteroatoms. The number of anilines is 1.